The van der Waals surface area contributed by atoms with Gasteiger partial charge in [0, 0.05) is 23.6 Å². The lowest BCUT2D eigenvalue weighted by atomic mass is 9.87. The molecule has 0 spiro atoms. The lowest BCUT2D eigenvalue weighted by Gasteiger charge is -2.43. The molecule has 0 radical (unpaired) electrons. The van der Waals surface area contributed by atoms with E-state index >= 15 is 0 Å². The van der Waals surface area contributed by atoms with Gasteiger partial charge < -0.3 is 9.64 Å². The molecule has 1 aliphatic rings. The summed E-state index contributed by atoms with van der Waals surface area (Å²) in [6, 6.07) is 5.90. The number of carbonyl (C=O) groups is 1. The lowest BCUT2D eigenvalue weighted by molar-refractivity contribution is -0.119. The SMILES string of the molecule is CCCC(=O)N1c2cc(OC)ccc2-c2c(ssc2=S)C1(C)C. The van der Waals surface area contributed by atoms with Crippen molar-refractivity contribution in [2.24, 2.45) is 0 Å². The zero-order valence-corrected chi connectivity index (χ0v) is 16.1. The fourth-order valence-corrected chi connectivity index (χ4v) is 6.39. The van der Waals surface area contributed by atoms with Crippen molar-refractivity contribution in [3.8, 4) is 16.9 Å². The van der Waals surface area contributed by atoms with Crippen LogP contribution in [0, 0.1) is 3.82 Å². The van der Waals surface area contributed by atoms with Gasteiger partial charge in [-0.1, -0.05) is 39.8 Å². The second-order valence-electron chi connectivity index (χ2n) is 6.08. The molecule has 1 aromatic carbocycles. The van der Waals surface area contributed by atoms with E-state index in [1.54, 1.807) is 27.8 Å². The van der Waals surface area contributed by atoms with Crippen molar-refractivity contribution in [3.63, 3.8) is 0 Å². The van der Waals surface area contributed by atoms with Crippen LogP contribution in [0.4, 0.5) is 5.69 Å². The molecule has 0 N–H and O–H groups in total. The summed E-state index contributed by atoms with van der Waals surface area (Å²) in [5.74, 6) is 0.893. The summed E-state index contributed by atoms with van der Waals surface area (Å²) in [6.07, 6.45) is 1.36. The van der Waals surface area contributed by atoms with Crippen molar-refractivity contribution in [3.05, 3.63) is 26.9 Å². The summed E-state index contributed by atoms with van der Waals surface area (Å²) in [5.41, 5.74) is 2.64. The molecule has 0 bridgehead atoms. The maximum Gasteiger partial charge on any atom is 0.227 e. The zero-order valence-electron chi connectivity index (χ0n) is 13.6. The monoisotopic (exact) mass is 365 g/mol. The van der Waals surface area contributed by atoms with Gasteiger partial charge >= 0.3 is 0 Å². The lowest BCUT2D eigenvalue weighted by Crippen LogP contribution is -2.47. The van der Waals surface area contributed by atoms with Crippen LogP contribution in [-0.2, 0) is 10.3 Å². The number of benzene rings is 1. The molecule has 122 valence electrons. The first-order valence-electron chi connectivity index (χ1n) is 7.57. The van der Waals surface area contributed by atoms with Crippen LogP contribution in [0.25, 0.3) is 11.1 Å². The molecule has 1 aromatic heterocycles. The Balaban J connectivity index is 2.31. The molecular weight excluding hydrogens is 346 g/mol. The molecule has 1 amide bonds. The van der Waals surface area contributed by atoms with E-state index in [0.29, 0.717) is 6.42 Å². The highest BCUT2D eigenvalue weighted by Crippen LogP contribution is 2.52. The third-order valence-electron chi connectivity index (χ3n) is 4.17. The Bertz CT molecular complexity index is 819. The second kappa shape index (κ2) is 6.00. The van der Waals surface area contributed by atoms with Crippen LogP contribution >= 0.6 is 32.9 Å². The van der Waals surface area contributed by atoms with E-state index in [1.807, 2.05) is 30.0 Å². The minimum atomic E-state index is -0.404. The van der Waals surface area contributed by atoms with Gasteiger partial charge in [0.1, 0.15) is 9.57 Å². The number of methoxy groups -OCH3 is 1. The molecule has 0 unspecified atom stereocenters. The topological polar surface area (TPSA) is 29.5 Å². The van der Waals surface area contributed by atoms with Gasteiger partial charge in [0.25, 0.3) is 0 Å². The van der Waals surface area contributed by atoms with Crippen LogP contribution in [0.3, 0.4) is 0 Å². The third kappa shape index (κ3) is 2.53. The largest absolute Gasteiger partial charge is 0.497 e. The summed E-state index contributed by atoms with van der Waals surface area (Å²) >= 11 is 5.56. The van der Waals surface area contributed by atoms with Crippen LogP contribution in [0.5, 0.6) is 5.75 Å². The van der Waals surface area contributed by atoms with Gasteiger partial charge in [-0.2, -0.15) is 0 Å². The van der Waals surface area contributed by atoms with E-state index in [4.69, 9.17) is 17.0 Å². The van der Waals surface area contributed by atoms with E-state index in [0.717, 1.165) is 32.8 Å². The van der Waals surface area contributed by atoms with Crippen molar-refractivity contribution in [2.75, 3.05) is 12.0 Å². The van der Waals surface area contributed by atoms with Gasteiger partial charge in [-0.3, -0.25) is 4.79 Å². The van der Waals surface area contributed by atoms with E-state index in [9.17, 15) is 4.79 Å². The summed E-state index contributed by atoms with van der Waals surface area (Å²) in [7, 11) is 4.94. The molecule has 3 nitrogen and oxygen atoms in total. The highest BCUT2D eigenvalue weighted by molar-refractivity contribution is 7.80. The minimum Gasteiger partial charge on any atom is -0.497 e. The summed E-state index contributed by atoms with van der Waals surface area (Å²) < 4.78 is 6.27. The molecule has 0 saturated carbocycles. The predicted octanol–water partition coefficient (Wildman–Crippen LogP) is 5.60. The summed E-state index contributed by atoms with van der Waals surface area (Å²) in [6.45, 7) is 6.22. The van der Waals surface area contributed by atoms with Gasteiger partial charge in [0.05, 0.1) is 23.2 Å². The first-order valence-corrected chi connectivity index (χ1v) is 10.1. The van der Waals surface area contributed by atoms with Gasteiger partial charge in [-0.15, -0.1) is 0 Å². The quantitative estimate of drug-likeness (QED) is 0.524. The smallest absolute Gasteiger partial charge is 0.227 e. The normalized spacial score (nSPS) is 15.0. The first-order chi connectivity index (χ1) is 10.9. The molecule has 6 heteroatoms. The molecule has 0 saturated heterocycles. The Morgan fingerprint density at radius 2 is 2.09 bits per heavy atom. The average molecular weight is 366 g/mol. The molecule has 0 atom stereocenters. The fraction of sp³-hybridized carbons (Fsp3) is 0.412. The maximum absolute atomic E-state index is 12.9. The van der Waals surface area contributed by atoms with Crippen LogP contribution in [0.1, 0.15) is 38.5 Å². The Labute approximate surface area is 148 Å². The number of nitrogens with zero attached hydrogens (tertiary/aromatic N) is 1. The highest BCUT2D eigenvalue weighted by Gasteiger charge is 2.42. The molecule has 23 heavy (non-hydrogen) atoms. The van der Waals surface area contributed by atoms with Crippen LogP contribution in [0.2, 0.25) is 0 Å². The van der Waals surface area contributed by atoms with Crippen LogP contribution in [-0.4, -0.2) is 13.0 Å². The summed E-state index contributed by atoms with van der Waals surface area (Å²) in [4.78, 5) is 16.0. The third-order valence-corrected chi connectivity index (χ3v) is 7.50. The van der Waals surface area contributed by atoms with Crippen molar-refractivity contribution in [2.45, 2.75) is 39.2 Å². The molecular formula is C17H19NO2S3. The van der Waals surface area contributed by atoms with Crippen LogP contribution in [0.15, 0.2) is 18.2 Å². The van der Waals surface area contributed by atoms with Crippen molar-refractivity contribution in [1.82, 2.24) is 0 Å². The number of carbonyl (C=O) groups excluding carboxylic acids is 1. The van der Waals surface area contributed by atoms with Gasteiger partial charge in [0.2, 0.25) is 5.91 Å². The Kier molecular flexibility index (Phi) is 4.33. The molecule has 2 heterocycles. The molecule has 0 aliphatic carbocycles. The van der Waals surface area contributed by atoms with Gasteiger partial charge in [-0.05, 0) is 32.4 Å². The number of anilines is 1. The first kappa shape index (κ1) is 16.6. The number of fused-ring (bicyclic) bond motifs is 3. The van der Waals surface area contributed by atoms with Gasteiger partial charge in [-0.25, -0.2) is 0 Å². The molecule has 0 fully saturated rings. The second-order valence-corrected chi connectivity index (χ2v) is 8.90. The van der Waals surface area contributed by atoms with E-state index < -0.39 is 5.54 Å². The predicted molar refractivity (Wildman–Crippen MR) is 100 cm³/mol. The molecule has 1 aliphatic heterocycles. The fourth-order valence-electron chi connectivity index (χ4n) is 3.10. The van der Waals surface area contributed by atoms with Gasteiger partial charge in [0.15, 0.2) is 0 Å². The van der Waals surface area contributed by atoms with Crippen molar-refractivity contribution in [1.29, 1.82) is 0 Å². The van der Waals surface area contributed by atoms with Crippen molar-refractivity contribution >= 4 is 44.5 Å². The Morgan fingerprint density at radius 3 is 2.74 bits per heavy atom. The maximum atomic E-state index is 12.9. The van der Waals surface area contributed by atoms with E-state index in [2.05, 4.69) is 13.8 Å². The van der Waals surface area contributed by atoms with Crippen molar-refractivity contribution < 1.29 is 9.53 Å². The Hall–Kier alpha value is -1.24. The number of amides is 1. The average Bonchev–Trinajstić information content (AvgIpc) is 2.90. The molecule has 2 aromatic rings. The standard InChI is InChI=1S/C17H19NO2S3/c1-5-6-13(19)18-12-9-10(20-4)7-8-11(12)14-15(17(18,2)3)22-23-16(14)21/h7-9H,5-6H2,1-4H3. The number of hydrogen-bond acceptors (Lipinski definition) is 5. The number of ether oxygens (including phenoxy) is 1. The minimum absolute atomic E-state index is 0.141. The summed E-state index contributed by atoms with van der Waals surface area (Å²) in [5, 5.41) is 0. The van der Waals surface area contributed by atoms with E-state index in [1.165, 1.54) is 4.88 Å². The van der Waals surface area contributed by atoms with Crippen LogP contribution < -0.4 is 9.64 Å². The number of hydrogen-bond donors (Lipinski definition) is 0. The molecule has 3 rings (SSSR count). The zero-order chi connectivity index (χ0) is 16.8. The number of rotatable bonds is 3. The highest BCUT2D eigenvalue weighted by atomic mass is 32.9. The Morgan fingerprint density at radius 1 is 1.35 bits per heavy atom. The van der Waals surface area contributed by atoms with E-state index in [-0.39, 0.29) is 5.91 Å².